The van der Waals surface area contributed by atoms with Crippen LogP contribution in [0.3, 0.4) is 0 Å². The molecule has 5 heteroatoms. The lowest BCUT2D eigenvalue weighted by Gasteiger charge is -2.07. The van der Waals surface area contributed by atoms with Gasteiger partial charge in [-0.3, -0.25) is 0 Å². The van der Waals surface area contributed by atoms with Crippen LogP contribution in [0, 0.1) is 0 Å². The minimum absolute atomic E-state index is 0.305. The normalized spacial score (nSPS) is 11.9. The highest BCUT2D eigenvalue weighted by Gasteiger charge is 2.03. The van der Waals surface area contributed by atoms with E-state index >= 15 is 0 Å². The molecule has 18 heavy (non-hydrogen) atoms. The van der Waals surface area contributed by atoms with E-state index in [2.05, 4.69) is 16.5 Å². The zero-order valence-corrected chi connectivity index (χ0v) is 12.2. The van der Waals surface area contributed by atoms with Gasteiger partial charge in [0.15, 0.2) is 0 Å². The monoisotopic (exact) mass is 272 g/mol. The fourth-order valence-electron chi connectivity index (χ4n) is 1.93. The van der Waals surface area contributed by atoms with E-state index in [1.807, 2.05) is 12.4 Å². The molecule has 0 bridgehead atoms. The Bertz CT molecular complexity index is 438. The quantitative estimate of drug-likeness (QED) is 0.649. The number of sulfone groups is 1. The number of imidazole rings is 1. The standard InChI is InChI=1S/C13H24N2O2S/c1-3-4-8-13-14-9-11-15(13)10-6-5-7-12-18(2,16)17/h9,11H,3-8,10,12H2,1-2H3. The molecule has 0 saturated heterocycles. The summed E-state index contributed by atoms with van der Waals surface area (Å²) in [6, 6.07) is 0. The predicted octanol–water partition coefficient (Wildman–Crippen LogP) is 2.44. The highest BCUT2D eigenvalue weighted by Crippen LogP contribution is 2.07. The molecule has 0 spiro atoms. The van der Waals surface area contributed by atoms with Gasteiger partial charge in [-0.1, -0.05) is 19.8 Å². The highest BCUT2D eigenvalue weighted by atomic mass is 32.2. The molecule has 0 radical (unpaired) electrons. The Balaban J connectivity index is 2.25. The average Bonchev–Trinajstić information content (AvgIpc) is 2.72. The van der Waals surface area contributed by atoms with Crippen LogP contribution in [0.4, 0.5) is 0 Å². The molecule has 104 valence electrons. The first-order valence-corrected chi connectivity index (χ1v) is 8.76. The summed E-state index contributed by atoms with van der Waals surface area (Å²) in [4.78, 5) is 4.36. The van der Waals surface area contributed by atoms with Crippen molar-refractivity contribution in [1.29, 1.82) is 0 Å². The first-order valence-electron chi connectivity index (χ1n) is 6.70. The van der Waals surface area contributed by atoms with Crippen molar-refractivity contribution in [2.45, 2.75) is 52.0 Å². The summed E-state index contributed by atoms with van der Waals surface area (Å²) in [6.07, 6.45) is 11.3. The van der Waals surface area contributed by atoms with Gasteiger partial charge in [-0.2, -0.15) is 0 Å². The van der Waals surface area contributed by atoms with Gasteiger partial charge in [-0.15, -0.1) is 0 Å². The van der Waals surface area contributed by atoms with Gasteiger partial charge in [0.25, 0.3) is 0 Å². The Kier molecular flexibility index (Phi) is 6.39. The van der Waals surface area contributed by atoms with Crippen molar-refractivity contribution in [2.75, 3.05) is 12.0 Å². The van der Waals surface area contributed by atoms with E-state index in [9.17, 15) is 8.42 Å². The number of rotatable bonds is 9. The second kappa shape index (κ2) is 7.56. The van der Waals surface area contributed by atoms with E-state index in [4.69, 9.17) is 0 Å². The molecule has 1 heterocycles. The first-order chi connectivity index (χ1) is 8.53. The summed E-state index contributed by atoms with van der Waals surface area (Å²) in [5.41, 5.74) is 0. The van der Waals surface area contributed by atoms with Crippen molar-refractivity contribution < 1.29 is 8.42 Å². The van der Waals surface area contributed by atoms with Crippen LogP contribution in [0.5, 0.6) is 0 Å². The van der Waals surface area contributed by atoms with Crippen LogP contribution in [0.15, 0.2) is 12.4 Å². The summed E-state index contributed by atoms with van der Waals surface area (Å²) in [5.74, 6) is 1.46. The molecule has 0 aliphatic rings. The number of hydrogen-bond acceptors (Lipinski definition) is 3. The number of unbranched alkanes of at least 4 members (excludes halogenated alkanes) is 3. The van der Waals surface area contributed by atoms with Crippen LogP contribution in [0.1, 0.15) is 44.9 Å². The number of hydrogen-bond donors (Lipinski definition) is 0. The summed E-state index contributed by atoms with van der Waals surface area (Å²) in [6.45, 7) is 3.13. The molecule has 0 aliphatic carbocycles. The van der Waals surface area contributed by atoms with Crippen LogP contribution in [-0.2, 0) is 22.8 Å². The molecule has 4 nitrogen and oxygen atoms in total. The summed E-state index contributed by atoms with van der Waals surface area (Å²) < 4.78 is 24.2. The summed E-state index contributed by atoms with van der Waals surface area (Å²) in [5, 5.41) is 0. The number of aryl methyl sites for hydroxylation is 2. The zero-order chi connectivity index (χ0) is 13.4. The SMILES string of the molecule is CCCCc1nccn1CCCCCS(C)(=O)=O. The average molecular weight is 272 g/mol. The van der Waals surface area contributed by atoms with Crippen LogP contribution in [0.2, 0.25) is 0 Å². The lowest BCUT2D eigenvalue weighted by Crippen LogP contribution is -2.05. The lowest BCUT2D eigenvalue weighted by molar-refractivity contribution is 0.564. The van der Waals surface area contributed by atoms with Gasteiger partial charge < -0.3 is 4.57 Å². The first kappa shape index (κ1) is 15.2. The van der Waals surface area contributed by atoms with Crippen LogP contribution < -0.4 is 0 Å². The molecule has 1 rings (SSSR count). The Hall–Kier alpha value is -0.840. The number of nitrogens with zero attached hydrogens (tertiary/aromatic N) is 2. The van der Waals surface area contributed by atoms with Crippen LogP contribution in [0.25, 0.3) is 0 Å². The fraction of sp³-hybridized carbons (Fsp3) is 0.769. The van der Waals surface area contributed by atoms with Gasteiger partial charge in [-0.25, -0.2) is 13.4 Å². The Morgan fingerprint density at radius 3 is 2.67 bits per heavy atom. The molecule has 1 aromatic rings. The van der Waals surface area contributed by atoms with Crippen LogP contribution >= 0.6 is 0 Å². The molecule has 0 atom stereocenters. The maximum Gasteiger partial charge on any atom is 0.147 e. The maximum atomic E-state index is 11.0. The molecule has 0 aromatic carbocycles. The maximum absolute atomic E-state index is 11.0. The van der Waals surface area contributed by atoms with E-state index < -0.39 is 9.84 Å². The molecule has 0 fully saturated rings. The van der Waals surface area contributed by atoms with Crippen molar-refractivity contribution in [1.82, 2.24) is 9.55 Å². The third kappa shape index (κ3) is 6.19. The van der Waals surface area contributed by atoms with Gasteiger partial charge in [-0.05, 0) is 19.3 Å². The largest absolute Gasteiger partial charge is 0.335 e. The molecule has 0 saturated carbocycles. The van der Waals surface area contributed by atoms with Gasteiger partial charge in [0.2, 0.25) is 0 Å². The van der Waals surface area contributed by atoms with Gasteiger partial charge in [0, 0.05) is 37.4 Å². The molecular weight excluding hydrogens is 248 g/mol. The minimum atomic E-state index is -2.80. The van der Waals surface area contributed by atoms with Gasteiger partial charge in [0.1, 0.15) is 15.7 Å². The second-order valence-corrected chi connectivity index (χ2v) is 7.09. The molecule has 0 N–H and O–H groups in total. The summed E-state index contributed by atoms with van der Waals surface area (Å²) in [7, 11) is -2.80. The molecular formula is C13H24N2O2S. The lowest BCUT2D eigenvalue weighted by atomic mass is 10.2. The van der Waals surface area contributed by atoms with E-state index in [0.29, 0.717) is 5.75 Å². The van der Waals surface area contributed by atoms with Crippen LogP contribution in [-0.4, -0.2) is 30.0 Å². The van der Waals surface area contributed by atoms with E-state index in [0.717, 1.165) is 38.1 Å². The third-order valence-corrected chi connectivity index (χ3v) is 4.00. The highest BCUT2D eigenvalue weighted by molar-refractivity contribution is 7.90. The van der Waals surface area contributed by atoms with Crippen molar-refractivity contribution in [3.8, 4) is 0 Å². The smallest absolute Gasteiger partial charge is 0.147 e. The molecule has 0 unspecified atom stereocenters. The van der Waals surface area contributed by atoms with E-state index in [1.54, 1.807) is 0 Å². The Labute approximate surface area is 110 Å². The van der Waals surface area contributed by atoms with E-state index in [-0.39, 0.29) is 0 Å². The fourth-order valence-corrected chi connectivity index (χ4v) is 2.66. The third-order valence-electron chi connectivity index (χ3n) is 2.97. The van der Waals surface area contributed by atoms with Crippen molar-refractivity contribution in [3.05, 3.63) is 18.2 Å². The topological polar surface area (TPSA) is 52.0 Å². The van der Waals surface area contributed by atoms with Crippen molar-refractivity contribution in [3.63, 3.8) is 0 Å². The summed E-state index contributed by atoms with van der Waals surface area (Å²) >= 11 is 0. The predicted molar refractivity (Wildman–Crippen MR) is 74.4 cm³/mol. The second-order valence-electron chi connectivity index (χ2n) is 4.83. The molecule has 0 aliphatic heterocycles. The zero-order valence-electron chi connectivity index (χ0n) is 11.4. The molecule has 0 amide bonds. The van der Waals surface area contributed by atoms with Gasteiger partial charge in [0.05, 0.1) is 0 Å². The van der Waals surface area contributed by atoms with Crippen molar-refractivity contribution in [2.24, 2.45) is 0 Å². The minimum Gasteiger partial charge on any atom is -0.335 e. The van der Waals surface area contributed by atoms with Gasteiger partial charge >= 0.3 is 0 Å². The van der Waals surface area contributed by atoms with E-state index in [1.165, 1.54) is 19.1 Å². The number of aromatic nitrogens is 2. The Morgan fingerprint density at radius 2 is 2.00 bits per heavy atom. The Morgan fingerprint density at radius 1 is 1.22 bits per heavy atom. The molecule has 1 aromatic heterocycles. The van der Waals surface area contributed by atoms with Crippen molar-refractivity contribution >= 4 is 9.84 Å².